The van der Waals surface area contributed by atoms with E-state index in [0.29, 0.717) is 44.4 Å². The Bertz CT molecular complexity index is 462. The average molecular weight is 298 g/mol. The number of rotatable bonds is 2. The zero-order chi connectivity index (χ0) is 13.6. The molecule has 0 saturated heterocycles. The molecule has 0 aromatic rings. The van der Waals surface area contributed by atoms with Gasteiger partial charge in [-0.1, -0.05) is 0 Å². The van der Waals surface area contributed by atoms with Crippen LogP contribution in [-0.2, 0) is 20.2 Å². The van der Waals surface area contributed by atoms with E-state index < -0.39 is 30.7 Å². The molecule has 0 amide bonds. The Labute approximate surface area is 107 Å². The van der Waals surface area contributed by atoms with E-state index in [1.165, 1.54) is 0 Å². The molecule has 2 aliphatic rings. The number of hydrogen-bond donors (Lipinski definition) is 2. The van der Waals surface area contributed by atoms with Crippen molar-refractivity contribution in [3.8, 4) is 0 Å². The van der Waals surface area contributed by atoms with Crippen LogP contribution in [0.1, 0.15) is 38.5 Å². The second-order valence-electron chi connectivity index (χ2n) is 5.42. The van der Waals surface area contributed by atoms with E-state index in [4.69, 9.17) is 9.11 Å². The maximum Gasteiger partial charge on any atom is 0.267 e. The Kier molecular flexibility index (Phi) is 3.74. The second-order valence-corrected chi connectivity index (χ2v) is 8.81. The van der Waals surface area contributed by atoms with Gasteiger partial charge in [-0.2, -0.15) is 16.8 Å². The van der Waals surface area contributed by atoms with E-state index in [-0.39, 0.29) is 5.92 Å². The van der Waals surface area contributed by atoms with E-state index in [1.807, 2.05) is 0 Å². The van der Waals surface area contributed by atoms with E-state index >= 15 is 0 Å². The molecule has 2 fully saturated rings. The van der Waals surface area contributed by atoms with Gasteiger partial charge in [-0.15, -0.1) is 0 Å². The van der Waals surface area contributed by atoms with Gasteiger partial charge in [0.1, 0.15) is 0 Å². The Balaban J connectivity index is 2.09. The van der Waals surface area contributed by atoms with Gasteiger partial charge in [-0.3, -0.25) is 9.11 Å². The molecule has 6 nitrogen and oxygen atoms in total. The topological polar surface area (TPSA) is 109 Å². The predicted molar refractivity (Wildman–Crippen MR) is 65.4 cm³/mol. The Morgan fingerprint density at radius 1 is 0.667 bits per heavy atom. The molecule has 0 spiro atoms. The van der Waals surface area contributed by atoms with Crippen molar-refractivity contribution in [3.63, 3.8) is 0 Å². The molecule has 2 rings (SSSR count). The highest BCUT2D eigenvalue weighted by molar-refractivity contribution is 7.86. The molecule has 0 aromatic carbocycles. The third-order valence-corrected chi connectivity index (χ3v) is 6.90. The Morgan fingerprint density at radius 3 is 1.39 bits per heavy atom. The Hall–Kier alpha value is -0.180. The lowest BCUT2D eigenvalue weighted by Gasteiger charge is -2.40. The summed E-state index contributed by atoms with van der Waals surface area (Å²) in [6, 6.07) is 0. The van der Waals surface area contributed by atoms with E-state index in [1.54, 1.807) is 0 Å². The molecule has 2 saturated carbocycles. The molecule has 2 atom stereocenters. The molecule has 0 aliphatic heterocycles. The van der Waals surface area contributed by atoms with Crippen molar-refractivity contribution in [3.05, 3.63) is 0 Å². The lowest BCUT2D eigenvalue weighted by molar-refractivity contribution is 0.169. The minimum absolute atomic E-state index is 0.0358. The minimum atomic E-state index is -4.04. The quantitative estimate of drug-likeness (QED) is 0.739. The zero-order valence-corrected chi connectivity index (χ0v) is 11.5. The third-order valence-electron chi connectivity index (χ3n) is 4.36. The van der Waals surface area contributed by atoms with Crippen LogP contribution in [0.5, 0.6) is 0 Å². The van der Waals surface area contributed by atoms with Crippen LogP contribution >= 0.6 is 0 Å². The summed E-state index contributed by atoms with van der Waals surface area (Å²) < 4.78 is 62.6. The standard InChI is InChI=1S/C10H18O6S2/c11-17(12,13)9-3-1-7-2-4-10(18(14,15)16)6-8(7)5-9/h7-10H,1-6H2,(H,11,12,13)(H,14,15,16). The van der Waals surface area contributed by atoms with Crippen LogP contribution < -0.4 is 0 Å². The number of hydrogen-bond acceptors (Lipinski definition) is 4. The van der Waals surface area contributed by atoms with Crippen molar-refractivity contribution in [2.75, 3.05) is 0 Å². The monoisotopic (exact) mass is 298 g/mol. The summed E-state index contributed by atoms with van der Waals surface area (Å²) in [6.45, 7) is 0. The summed E-state index contributed by atoms with van der Waals surface area (Å²) in [5.74, 6) is 0.285. The first-order chi connectivity index (χ1) is 8.18. The number of fused-ring (bicyclic) bond motifs is 1. The third kappa shape index (κ3) is 3.04. The molecule has 0 aromatic heterocycles. The minimum Gasteiger partial charge on any atom is -0.285 e. The van der Waals surface area contributed by atoms with Crippen molar-refractivity contribution in [2.45, 2.75) is 49.0 Å². The summed E-state index contributed by atoms with van der Waals surface area (Å²) in [5, 5.41) is -1.56. The highest BCUT2D eigenvalue weighted by Crippen LogP contribution is 2.43. The largest absolute Gasteiger partial charge is 0.285 e. The van der Waals surface area contributed by atoms with Gasteiger partial charge in [0.25, 0.3) is 20.2 Å². The first-order valence-electron chi connectivity index (χ1n) is 6.10. The lowest BCUT2D eigenvalue weighted by atomic mass is 9.70. The van der Waals surface area contributed by atoms with Crippen LogP contribution in [0.4, 0.5) is 0 Å². The van der Waals surface area contributed by atoms with Gasteiger partial charge in [0.05, 0.1) is 10.5 Å². The summed E-state index contributed by atoms with van der Waals surface area (Å²) in [5.41, 5.74) is 0. The maximum absolute atomic E-state index is 11.1. The molecule has 0 bridgehead atoms. The highest BCUT2D eigenvalue weighted by atomic mass is 32.2. The summed E-state index contributed by atoms with van der Waals surface area (Å²) >= 11 is 0. The summed E-state index contributed by atoms with van der Waals surface area (Å²) in [7, 11) is -8.08. The van der Waals surface area contributed by atoms with Gasteiger partial charge in [0, 0.05) is 0 Å². The van der Waals surface area contributed by atoms with Crippen molar-refractivity contribution in [1.29, 1.82) is 0 Å². The van der Waals surface area contributed by atoms with Crippen LogP contribution in [-0.4, -0.2) is 36.4 Å². The van der Waals surface area contributed by atoms with Gasteiger partial charge < -0.3 is 0 Å². The fourth-order valence-electron chi connectivity index (χ4n) is 3.35. The van der Waals surface area contributed by atoms with Gasteiger partial charge in [0.15, 0.2) is 0 Å². The van der Waals surface area contributed by atoms with Crippen molar-refractivity contribution in [1.82, 2.24) is 0 Å². The van der Waals surface area contributed by atoms with Gasteiger partial charge in [-0.25, -0.2) is 0 Å². The molecule has 0 heterocycles. The molecule has 2 aliphatic carbocycles. The molecule has 106 valence electrons. The van der Waals surface area contributed by atoms with Crippen molar-refractivity contribution >= 4 is 20.2 Å². The fraction of sp³-hybridized carbons (Fsp3) is 1.00. The van der Waals surface area contributed by atoms with Crippen molar-refractivity contribution in [2.24, 2.45) is 11.8 Å². The van der Waals surface area contributed by atoms with Crippen molar-refractivity contribution < 1.29 is 25.9 Å². The first-order valence-corrected chi connectivity index (χ1v) is 9.11. The first kappa shape index (κ1) is 14.2. The van der Waals surface area contributed by atoms with Crippen LogP contribution in [0.25, 0.3) is 0 Å². The SMILES string of the molecule is O=S(=O)(O)C1CCC2CCC(S(=O)(=O)O)CC2C1. The van der Waals surface area contributed by atoms with Crippen LogP contribution in [0.2, 0.25) is 0 Å². The van der Waals surface area contributed by atoms with E-state index in [2.05, 4.69) is 0 Å². The second kappa shape index (κ2) is 4.73. The molecule has 0 radical (unpaired) electrons. The van der Waals surface area contributed by atoms with E-state index in [0.717, 1.165) is 0 Å². The summed E-state index contributed by atoms with van der Waals surface area (Å²) in [4.78, 5) is 0. The highest BCUT2D eigenvalue weighted by Gasteiger charge is 2.42. The molecule has 8 heteroatoms. The zero-order valence-electron chi connectivity index (χ0n) is 9.90. The van der Waals surface area contributed by atoms with Crippen LogP contribution in [0, 0.1) is 11.8 Å². The van der Waals surface area contributed by atoms with E-state index in [9.17, 15) is 16.8 Å². The average Bonchev–Trinajstić information content (AvgIpc) is 2.25. The van der Waals surface area contributed by atoms with Gasteiger partial charge >= 0.3 is 0 Å². The molecule has 2 unspecified atom stereocenters. The smallest absolute Gasteiger partial charge is 0.267 e. The van der Waals surface area contributed by atoms with Gasteiger partial charge in [-0.05, 0) is 50.4 Å². The molecular formula is C10H18O6S2. The lowest BCUT2D eigenvalue weighted by Crippen LogP contribution is -2.39. The molecule has 18 heavy (non-hydrogen) atoms. The Morgan fingerprint density at radius 2 is 1.06 bits per heavy atom. The molecular weight excluding hydrogens is 280 g/mol. The van der Waals surface area contributed by atoms with Crippen LogP contribution in [0.15, 0.2) is 0 Å². The fourth-order valence-corrected chi connectivity index (χ4v) is 5.20. The summed E-state index contributed by atoms with van der Waals surface area (Å²) in [6.07, 6.45) is 2.89. The molecule has 2 N–H and O–H groups in total. The normalized spacial score (nSPS) is 38.1. The van der Waals surface area contributed by atoms with Gasteiger partial charge in [0.2, 0.25) is 0 Å². The van der Waals surface area contributed by atoms with Crippen LogP contribution in [0.3, 0.4) is 0 Å². The maximum atomic E-state index is 11.1. The predicted octanol–water partition coefficient (Wildman–Crippen LogP) is 1.10.